The molecule has 0 spiro atoms. The van der Waals surface area contributed by atoms with Gasteiger partial charge in [-0.2, -0.15) is 0 Å². The van der Waals surface area contributed by atoms with Crippen molar-refractivity contribution in [2.45, 2.75) is 77.4 Å². The van der Waals surface area contributed by atoms with E-state index in [1.165, 1.54) is 12.8 Å². The van der Waals surface area contributed by atoms with E-state index in [0.29, 0.717) is 11.3 Å². The Labute approximate surface area is 117 Å². The Kier molecular flexibility index (Phi) is 3.27. The normalized spacial score (nSPS) is 44.7. The van der Waals surface area contributed by atoms with E-state index in [1.54, 1.807) is 0 Å². The topological polar surface area (TPSA) is 44.5 Å². The molecule has 0 unspecified atom stereocenters. The van der Waals surface area contributed by atoms with Gasteiger partial charge >= 0.3 is 7.12 Å². The maximum Gasteiger partial charge on any atom is 0.475 e. The molecule has 3 nitrogen and oxygen atoms in total. The van der Waals surface area contributed by atoms with Gasteiger partial charge in [0.15, 0.2) is 0 Å². The highest BCUT2D eigenvalue weighted by molar-refractivity contribution is 6.47. The Hall–Kier alpha value is -0.0551. The third kappa shape index (κ3) is 1.90. The predicted molar refractivity (Wildman–Crippen MR) is 77.6 cm³/mol. The third-order valence-corrected chi connectivity index (χ3v) is 6.21. The lowest BCUT2D eigenvalue weighted by molar-refractivity contribution is -0.199. The van der Waals surface area contributed by atoms with Gasteiger partial charge in [-0.1, -0.05) is 33.6 Å². The smallest absolute Gasteiger partial charge is 0.404 e. The summed E-state index contributed by atoms with van der Waals surface area (Å²) in [4.78, 5) is 0. The van der Waals surface area contributed by atoms with Crippen LogP contribution in [-0.4, -0.2) is 24.8 Å². The molecule has 19 heavy (non-hydrogen) atoms. The van der Waals surface area contributed by atoms with Crippen LogP contribution in [0.25, 0.3) is 0 Å². The quantitative estimate of drug-likeness (QED) is 0.795. The fourth-order valence-electron chi connectivity index (χ4n) is 4.66. The average Bonchev–Trinajstić information content (AvgIpc) is 2.72. The van der Waals surface area contributed by atoms with Crippen molar-refractivity contribution in [1.29, 1.82) is 0 Å². The van der Waals surface area contributed by atoms with Crippen LogP contribution >= 0.6 is 0 Å². The van der Waals surface area contributed by atoms with Gasteiger partial charge in [0.05, 0.1) is 11.7 Å². The first kappa shape index (κ1) is 13.9. The molecule has 4 heteroatoms. The summed E-state index contributed by atoms with van der Waals surface area (Å²) in [6.07, 6.45) is 6.06. The summed E-state index contributed by atoms with van der Waals surface area (Å²) in [7, 11) is -0.184. The van der Waals surface area contributed by atoms with E-state index in [-0.39, 0.29) is 24.8 Å². The largest absolute Gasteiger partial charge is 0.475 e. The SMILES string of the molecule is CCCC[C@H](N)B1O[C@@H]2C[C@@H]3C[C@@H](C3(C)C)[C@]2(C)O1. The average molecular weight is 265 g/mol. The summed E-state index contributed by atoms with van der Waals surface area (Å²) < 4.78 is 12.5. The van der Waals surface area contributed by atoms with Crippen molar-refractivity contribution >= 4 is 7.12 Å². The van der Waals surface area contributed by atoms with Crippen molar-refractivity contribution in [3.63, 3.8) is 0 Å². The molecule has 0 amide bonds. The van der Waals surface area contributed by atoms with Gasteiger partial charge in [0.25, 0.3) is 0 Å². The molecule has 0 radical (unpaired) electrons. The van der Waals surface area contributed by atoms with Crippen LogP contribution in [0.5, 0.6) is 0 Å². The molecule has 0 aromatic carbocycles. The summed E-state index contributed by atoms with van der Waals surface area (Å²) in [5, 5.41) is 0. The highest BCUT2D eigenvalue weighted by Gasteiger charge is 2.68. The van der Waals surface area contributed by atoms with Gasteiger partial charge < -0.3 is 15.0 Å². The zero-order chi connectivity index (χ0) is 13.8. The first-order valence-corrected chi connectivity index (χ1v) is 7.98. The Morgan fingerprint density at radius 2 is 2.05 bits per heavy atom. The highest BCUT2D eigenvalue weighted by Crippen LogP contribution is 2.65. The molecule has 108 valence electrons. The number of rotatable bonds is 4. The minimum Gasteiger partial charge on any atom is -0.404 e. The first-order chi connectivity index (χ1) is 8.89. The molecule has 3 aliphatic carbocycles. The molecule has 3 saturated carbocycles. The minimum absolute atomic E-state index is 0.0303. The van der Waals surface area contributed by atoms with E-state index in [0.717, 1.165) is 25.2 Å². The van der Waals surface area contributed by atoms with E-state index in [1.807, 2.05) is 0 Å². The first-order valence-electron chi connectivity index (χ1n) is 7.98. The zero-order valence-electron chi connectivity index (χ0n) is 12.8. The third-order valence-electron chi connectivity index (χ3n) is 6.21. The molecule has 4 fully saturated rings. The Morgan fingerprint density at radius 1 is 1.32 bits per heavy atom. The lowest BCUT2D eigenvalue weighted by Gasteiger charge is -2.64. The van der Waals surface area contributed by atoms with Crippen molar-refractivity contribution in [2.75, 3.05) is 0 Å². The molecule has 4 aliphatic rings. The van der Waals surface area contributed by atoms with E-state index in [4.69, 9.17) is 15.0 Å². The number of hydrogen-bond donors (Lipinski definition) is 1. The standard InChI is InChI=1S/C15H28BNO2/c1-5-6-7-13(17)16-18-12-9-10-8-11(14(10,2)3)15(12,4)19-16/h10-13H,5-9,17H2,1-4H3/t10-,11-,12+,13-,15-/m0/s1. The predicted octanol–water partition coefficient (Wildman–Crippen LogP) is 2.77. The Morgan fingerprint density at radius 3 is 2.68 bits per heavy atom. The second-order valence-corrected chi connectivity index (χ2v) is 7.64. The molecule has 0 aromatic rings. The molecule has 1 aliphatic heterocycles. The van der Waals surface area contributed by atoms with Crippen LogP contribution in [0.2, 0.25) is 0 Å². The number of unbranched alkanes of at least 4 members (excludes halogenated alkanes) is 1. The lowest BCUT2D eigenvalue weighted by Crippen LogP contribution is -2.65. The van der Waals surface area contributed by atoms with Gasteiger partial charge in [-0.3, -0.25) is 0 Å². The molecule has 2 N–H and O–H groups in total. The second kappa shape index (κ2) is 4.47. The van der Waals surface area contributed by atoms with Crippen molar-refractivity contribution in [3.05, 3.63) is 0 Å². The number of nitrogens with two attached hydrogens (primary N) is 1. The van der Waals surface area contributed by atoms with Crippen molar-refractivity contribution in [2.24, 2.45) is 23.0 Å². The van der Waals surface area contributed by atoms with Gasteiger partial charge in [-0.25, -0.2) is 0 Å². The van der Waals surface area contributed by atoms with Crippen LogP contribution in [0.4, 0.5) is 0 Å². The highest BCUT2D eigenvalue weighted by atomic mass is 16.7. The van der Waals surface area contributed by atoms with E-state index >= 15 is 0 Å². The van der Waals surface area contributed by atoms with Gasteiger partial charge in [0.2, 0.25) is 0 Å². The number of hydrogen-bond acceptors (Lipinski definition) is 3. The molecule has 0 aromatic heterocycles. The molecule has 5 atom stereocenters. The summed E-state index contributed by atoms with van der Waals surface area (Å²) in [5.74, 6) is 1.47. The molecular weight excluding hydrogens is 237 g/mol. The summed E-state index contributed by atoms with van der Waals surface area (Å²) >= 11 is 0. The monoisotopic (exact) mass is 265 g/mol. The lowest BCUT2D eigenvalue weighted by atomic mass is 9.43. The molecular formula is C15H28BNO2. The zero-order valence-corrected chi connectivity index (χ0v) is 12.8. The fraction of sp³-hybridized carbons (Fsp3) is 1.00. The molecule has 1 saturated heterocycles. The van der Waals surface area contributed by atoms with Gasteiger partial charge in [0.1, 0.15) is 0 Å². The van der Waals surface area contributed by atoms with E-state index in [2.05, 4.69) is 27.7 Å². The van der Waals surface area contributed by atoms with Gasteiger partial charge in [-0.15, -0.1) is 0 Å². The van der Waals surface area contributed by atoms with Crippen LogP contribution < -0.4 is 5.73 Å². The molecule has 2 bridgehead atoms. The van der Waals surface area contributed by atoms with E-state index < -0.39 is 0 Å². The van der Waals surface area contributed by atoms with Crippen LogP contribution in [0.3, 0.4) is 0 Å². The van der Waals surface area contributed by atoms with Crippen molar-refractivity contribution < 1.29 is 9.31 Å². The maximum absolute atomic E-state index is 6.35. The van der Waals surface area contributed by atoms with Gasteiger partial charge in [-0.05, 0) is 43.4 Å². The van der Waals surface area contributed by atoms with Crippen LogP contribution in [0.1, 0.15) is 59.8 Å². The van der Waals surface area contributed by atoms with Gasteiger partial charge in [0, 0.05) is 5.94 Å². The fourth-order valence-corrected chi connectivity index (χ4v) is 4.66. The minimum atomic E-state index is -0.184. The Bertz CT molecular complexity index is 362. The van der Waals surface area contributed by atoms with Crippen molar-refractivity contribution in [1.82, 2.24) is 0 Å². The molecule has 4 rings (SSSR count). The summed E-state index contributed by atoms with van der Waals surface area (Å²) in [6, 6.07) is 0. The maximum atomic E-state index is 6.35. The summed E-state index contributed by atoms with van der Waals surface area (Å²) in [5.41, 5.74) is 6.56. The van der Waals surface area contributed by atoms with E-state index in [9.17, 15) is 0 Å². The second-order valence-electron chi connectivity index (χ2n) is 7.64. The van der Waals surface area contributed by atoms with Crippen LogP contribution in [0.15, 0.2) is 0 Å². The van der Waals surface area contributed by atoms with Crippen molar-refractivity contribution in [3.8, 4) is 0 Å². The van der Waals surface area contributed by atoms with Crippen LogP contribution in [0, 0.1) is 17.3 Å². The Balaban J connectivity index is 1.70. The molecule has 1 heterocycles. The summed E-state index contributed by atoms with van der Waals surface area (Å²) in [6.45, 7) is 9.23. The van der Waals surface area contributed by atoms with Crippen LogP contribution in [-0.2, 0) is 9.31 Å².